The van der Waals surface area contributed by atoms with Gasteiger partial charge in [-0.05, 0) is 37.0 Å². The zero-order valence-electron chi connectivity index (χ0n) is 11.6. The van der Waals surface area contributed by atoms with Crippen LogP contribution in [-0.2, 0) is 21.2 Å². The van der Waals surface area contributed by atoms with E-state index >= 15 is 0 Å². The Labute approximate surface area is 119 Å². The fraction of sp³-hybridized carbons (Fsp3) is 0.500. The fourth-order valence-corrected chi connectivity index (χ4v) is 3.96. The highest BCUT2D eigenvalue weighted by Crippen LogP contribution is 2.23. The van der Waals surface area contributed by atoms with E-state index in [-0.39, 0.29) is 17.4 Å². The van der Waals surface area contributed by atoms with Gasteiger partial charge in [0, 0.05) is 13.1 Å². The number of benzene rings is 1. The number of carbonyl (C=O) groups excluding carboxylic acids is 1. The number of carbonyl (C=O) groups is 1. The first-order chi connectivity index (χ1) is 9.45. The molecule has 1 atom stereocenters. The van der Waals surface area contributed by atoms with Gasteiger partial charge in [0.25, 0.3) is 0 Å². The Hall–Kier alpha value is -1.40. The Morgan fingerprint density at radius 2 is 2.00 bits per heavy atom. The molecular formula is C14H20N2O3S. The quantitative estimate of drug-likeness (QED) is 0.904. The minimum atomic E-state index is -3.53. The molecule has 2 N–H and O–H groups in total. The van der Waals surface area contributed by atoms with Gasteiger partial charge in [-0.3, -0.25) is 4.79 Å². The molecule has 1 aromatic rings. The average Bonchev–Trinajstić information content (AvgIpc) is 2.47. The Morgan fingerprint density at radius 1 is 1.35 bits per heavy atom. The third-order valence-corrected chi connectivity index (χ3v) is 5.64. The Morgan fingerprint density at radius 3 is 2.55 bits per heavy atom. The smallest absolute Gasteiger partial charge is 0.243 e. The molecule has 1 aliphatic heterocycles. The summed E-state index contributed by atoms with van der Waals surface area (Å²) in [6.07, 6.45) is 2.20. The van der Waals surface area contributed by atoms with Crippen LogP contribution in [-0.4, -0.2) is 31.7 Å². The number of aryl methyl sites for hydroxylation is 1. The number of sulfonamides is 1. The Kier molecular flexibility index (Phi) is 4.45. The molecule has 6 heteroatoms. The summed E-state index contributed by atoms with van der Waals surface area (Å²) in [5.74, 6) is -0.806. The fourth-order valence-electron chi connectivity index (χ4n) is 2.44. The number of rotatable bonds is 4. The normalized spacial score (nSPS) is 20.8. The third-order valence-electron chi connectivity index (χ3n) is 3.76. The van der Waals surface area contributed by atoms with Gasteiger partial charge in [-0.2, -0.15) is 4.31 Å². The van der Waals surface area contributed by atoms with Crippen molar-refractivity contribution in [1.29, 1.82) is 0 Å². The number of primary amides is 1. The maximum atomic E-state index is 12.5. The molecule has 1 fully saturated rings. The molecule has 1 unspecified atom stereocenters. The van der Waals surface area contributed by atoms with Crippen molar-refractivity contribution >= 4 is 15.9 Å². The maximum absolute atomic E-state index is 12.5. The number of nitrogens with zero attached hydrogens (tertiary/aromatic N) is 1. The average molecular weight is 296 g/mol. The highest BCUT2D eigenvalue weighted by atomic mass is 32.2. The van der Waals surface area contributed by atoms with E-state index in [4.69, 9.17) is 5.73 Å². The molecule has 0 bridgehead atoms. The van der Waals surface area contributed by atoms with Gasteiger partial charge in [0.15, 0.2) is 0 Å². The molecule has 0 aliphatic carbocycles. The van der Waals surface area contributed by atoms with Crippen LogP contribution >= 0.6 is 0 Å². The molecular weight excluding hydrogens is 276 g/mol. The second-order valence-corrected chi connectivity index (χ2v) is 7.04. The first-order valence-corrected chi connectivity index (χ1v) is 8.27. The molecule has 20 heavy (non-hydrogen) atoms. The lowest BCUT2D eigenvalue weighted by Crippen LogP contribution is -2.44. The zero-order valence-corrected chi connectivity index (χ0v) is 12.4. The molecule has 0 radical (unpaired) electrons. The number of amides is 1. The van der Waals surface area contributed by atoms with Gasteiger partial charge >= 0.3 is 0 Å². The van der Waals surface area contributed by atoms with Crippen molar-refractivity contribution in [2.75, 3.05) is 13.1 Å². The molecule has 0 aromatic heterocycles. The van der Waals surface area contributed by atoms with Gasteiger partial charge in [-0.25, -0.2) is 8.42 Å². The lowest BCUT2D eigenvalue weighted by Gasteiger charge is -2.30. The highest BCUT2D eigenvalue weighted by molar-refractivity contribution is 7.89. The Bertz CT molecular complexity index is 581. The van der Waals surface area contributed by atoms with Crippen molar-refractivity contribution in [1.82, 2.24) is 4.31 Å². The molecule has 1 heterocycles. The third kappa shape index (κ3) is 3.02. The maximum Gasteiger partial charge on any atom is 0.243 e. The van der Waals surface area contributed by atoms with E-state index in [0.717, 1.165) is 12.0 Å². The van der Waals surface area contributed by atoms with Gasteiger partial charge < -0.3 is 5.73 Å². The molecule has 1 aliphatic rings. The molecule has 0 spiro atoms. The Balaban J connectivity index is 2.22. The van der Waals surface area contributed by atoms with Gasteiger partial charge in [-0.1, -0.05) is 19.1 Å². The van der Waals surface area contributed by atoms with Crippen LogP contribution in [0.25, 0.3) is 0 Å². The second-order valence-electron chi connectivity index (χ2n) is 5.10. The summed E-state index contributed by atoms with van der Waals surface area (Å²) in [6, 6.07) is 6.90. The zero-order chi connectivity index (χ0) is 14.8. The number of piperidine rings is 1. The number of hydrogen-bond donors (Lipinski definition) is 1. The molecule has 110 valence electrons. The first-order valence-electron chi connectivity index (χ1n) is 6.83. The van der Waals surface area contributed by atoms with Gasteiger partial charge in [0.1, 0.15) is 0 Å². The van der Waals surface area contributed by atoms with Crippen LogP contribution in [0.3, 0.4) is 0 Å². The minimum absolute atomic E-state index is 0.188. The standard InChI is InChI=1S/C14H20N2O3S/c1-2-11-5-7-13(8-6-11)20(18,19)16-9-3-4-12(10-16)14(15)17/h5-8,12H,2-4,9-10H2,1H3,(H2,15,17). The lowest BCUT2D eigenvalue weighted by molar-refractivity contribution is -0.122. The molecule has 1 saturated heterocycles. The SMILES string of the molecule is CCc1ccc(S(=O)(=O)N2CCCC(C(N)=O)C2)cc1. The van der Waals surface area contributed by atoms with Crippen LogP contribution in [0.5, 0.6) is 0 Å². The largest absolute Gasteiger partial charge is 0.369 e. The molecule has 0 saturated carbocycles. The first kappa shape index (κ1) is 15.0. The van der Waals surface area contributed by atoms with Crippen molar-refractivity contribution in [2.24, 2.45) is 11.7 Å². The van der Waals surface area contributed by atoms with E-state index in [2.05, 4.69) is 0 Å². The van der Waals surface area contributed by atoms with E-state index in [1.807, 2.05) is 19.1 Å². The van der Waals surface area contributed by atoms with E-state index in [9.17, 15) is 13.2 Å². The van der Waals surface area contributed by atoms with Crippen molar-refractivity contribution in [3.05, 3.63) is 29.8 Å². The monoisotopic (exact) mass is 296 g/mol. The highest BCUT2D eigenvalue weighted by Gasteiger charge is 2.32. The van der Waals surface area contributed by atoms with Gasteiger partial charge in [-0.15, -0.1) is 0 Å². The molecule has 1 aromatic carbocycles. The summed E-state index contributed by atoms with van der Waals surface area (Å²) in [7, 11) is -3.53. The van der Waals surface area contributed by atoms with E-state index in [1.54, 1.807) is 12.1 Å². The van der Waals surface area contributed by atoms with Crippen LogP contribution in [0, 0.1) is 5.92 Å². The summed E-state index contributed by atoms with van der Waals surface area (Å²) < 4.78 is 26.4. The summed E-state index contributed by atoms with van der Waals surface area (Å²) in [6.45, 7) is 2.65. The van der Waals surface area contributed by atoms with Crippen LogP contribution in [0.1, 0.15) is 25.3 Å². The summed E-state index contributed by atoms with van der Waals surface area (Å²) in [4.78, 5) is 11.5. The topological polar surface area (TPSA) is 80.5 Å². The predicted molar refractivity (Wildman–Crippen MR) is 76.5 cm³/mol. The van der Waals surface area contributed by atoms with E-state index < -0.39 is 15.9 Å². The van der Waals surface area contributed by atoms with Crippen molar-refractivity contribution in [3.8, 4) is 0 Å². The van der Waals surface area contributed by atoms with Crippen molar-refractivity contribution in [3.63, 3.8) is 0 Å². The number of nitrogens with two attached hydrogens (primary N) is 1. The van der Waals surface area contributed by atoms with Crippen LogP contribution in [0.15, 0.2) is 29.2 Å². The minimum Gasteiger partial charge on any atom is -0.369 e. The predicted octanol–water partition coefficient (Wildman–Crippen LogP) is 1.14. The summed E-state index contributed by atoms with van der Waals surface area (Å²) in [5, 5.41) is 0. The molecule has 1 amide bonds. The van der Waals surface area contributed by atoms with Crippen LogP contribution < -0.4 is 5.73 Å². The van der Waals surface area contributed by atoms with E-state index in [0.29, 0.717) is 19.4 Å². The second kappa shape index (κ2) is 5.93. The number of hydrogen-bond acceptors (Lipinski definition) is 3. The van der Waals surface area contributed by atoms with Crippen LogP contribution in [0.2, 0.25) is 0 Å². The van der Waals surface area contributed by atoms with E-state index in [1.165, 1.54) is 4.31 Å². The van der Waals surface area contributed by atoms with Crippen molar-refractivity contribution in [2.45, 2.75) is 31.1 Å². The summed E-state index contributed by atoms with van der Waals surface area (Å²) in [5.41, 5.74) is 6.38. The van der Waals surface area contributed by atoms with Crippen molar-refractivity contribution < 1.29 is 13.2 Å². The van der Waals surface area contributed by atoms with Crippen LogP contribution in [0.4, 0.5) is 0 Å². The molecule has 2 rings (SSSR count). The van der Waals surface area contributed by atoms with Gasteiger partial charge in [0.05, 0.1) is 10.8 Å². The van der Waals surface area contributed by atoms with Gasteiger partial charge in [0.2, 0.25) is 15.9 Å². The lowest BCUT2D eigenvalue weighted by atomic mass is 9.99. The summed E-state index contributed by atoms with van der Waals surface area (Å²) >= 11 is 0. The molecule has 5 nitrogen and oxygen atoms in total.